The molecule has 0 aliphatic rings. The van der Waals surface area contributed by atoms with Crippen molar-refractivity contribution in [2.75, 3.05) is 6.61 Å². The minimum atomic E-state index is -0.677. The summed E-state index contributed by atoms with van der Waals surface area (Å²) < 4.78 is 5.33. The van der Waals surface area contributed by atoms with Crippen LogP contribution < -0.4 is 10.5 Å². The number of ether oxygens (including phenoxy) is 1. The van der Waals surface area contributed by atoms with Crippen molar-refractivity contribution in [3.63, 3.8) is 0 Å². The number of hydrogen-bond donors (Lipinski definition) is 2. The molecule has 0 saturated carbocycles. The molecule has 1 amide bonds. The molecule has 0 aliphatic carbocycles. The van der Waals surface area contributed by atoms with Gasteiger partial charge in [-0.05, 0) is 19.7 Å². The van der Waals surface area contributed by atoms with E-state index in [4.69, 9.17) is 22.1 Å². The van der Waals surface area contributed by atoms with Crippen molar-refractivity contribution >= 4 is 34.9 Å². The largest absolute Gasteiger partial charge is 0.490 e. The van der Waals surface area contributed by atoms with Gasteiger partial charge in [-0.1, -0.05) is 32.0 Å². The number of benzene rings is 1. The van der Waals surface area contributed by atoms with Crippen LogP contribution in [0.25, 0.3) is 5.03 Å². The summed E-state index contributed by atoms with van der Waals surface area (Å²) in [5, 5.41) is 9.42. The van der Waals surface area contributed by atoms with Gasteiger partial charge in [-0.3, -0.25) is 9.79 Å². The Labute approximate surface area is 130 Å². The van der Waals surface area contributed by atoms with Crippen LogP contribution in [0.15, 0.2) is 23.7 Å². The molecule has 1 atom stereocenters. The van der Waals surface area contributed by atoms with E-state index >= 15 is 0 Å². The summed E-state index contributed by atoms with van der Waals surface area (Å²) in [5.74, 6) is -0.451. The number of hydrogen-bond acceptors (Lipinski definition) is 4. The van der Waals surface area contributed by atoms with Gasteiger partial charge in [-0.15, -0.1) is 0 Å². The van der Waals surface area contributed by atoms with E-state index in [9.17, 15) is 9.90 Å². The first kappa shape index (κ1) is 19.1. The van der Waals surface area contributed by atoms with Crippen LogP contribution >= 0.6 is 11.6 Å². The van der Waals surface area contributed by atoms with E-state index in [0.29, 0.717) is 11.3 Å². The summed E-state index contributed by atoms with van der Waals surface area (Å²) >= 11 is 5.83. The molecule has 1 aromatic rings. The third-order valence-electron chi connectivity index (χ3n) is 2.31. The molecule has 0 fully saturated rings. The summed E-state index contributed by atoms with van der Waals surface area (Å²) in [5.41, 5.74) is 6.30. The number of aliphatic hydroxyl groups is 1. The van der Waals surface area contributed by atoms with Crippen molar-refractivity contribution in [2.45, 2.75) is 26.9 Å². The highest BCUT2D eigenvalue weighted by Gasteiger charge is 2.16. The predicted octanol–water partition coefficient (Wildman–Crippen LogP) is 3.11. The third kappa shape index (κ3) is 5.57. The molecule has 0 spiro atoms. The molecule has 1 unspecified atom stereocenters. The Morgan fingerprint density at radius 3 is 2.43 bits per heavy atom. The fraction of sp³-hybridized carbons (Fsp3) is 0.333. The number of carbonyl (C=O) groups excluding carboxylic acids is 1. The van der Waals surface area contributed by atoms with Crippen LogP contribution in [-0.4, -0.2) is 30.4 Å². The van der Waals surface area contributed by atoms with Crippen molar-refractivity contribution in [3.05, 3.63) is 29.8 Å². The Hall–Kier alpha value is -1.85. The van der Waals surface area contributed by atoms with Gasteiger partial charge in [-0.25, -0.2) is 0 Å². The zero-order chi connectivity index (χ0) is 16.6. The first-order chi connectivity index (χ1) is 9.86. The highest BCUT2D eigenvalue weighted by atomic mass is 35.5. The fourth-order valence-electron chi connectivity index (χ4n) is 1.44. The zero-order valence-electron chi connectivity index (χ0n) is 12.5. The Balaban J connectivity index is 0.00000191. The molecule has 6 heteroatoms. The van der Waals surface area contributed by atoms with Gasteiger partial charge in [0.2, 0.25) is 0 Å². The fourth-order valence-corrected chi connectivity index (χ4v) is 1.59. The second-order valence-corrected chi connectivity index (χ2v) is 4.41. The second kappa shape index (κ2) is 9.15. The van der Waals surface area contributed by atoms with E-state index in [1.807, 2.05) is 13.8 Å². The molecule has 1 aromatic carbocycles. The number of amides is 1. The van der Waals surface area contributed by atoms with Crippen molar-refractivity contribution in [2.24, 2.45) is 10.7 Å². The number of aliphatic hydroxyl groups excluding tert-OH is 1. The SMILES string of the molecule is C=Nc1cc(OCC(C)O)c(C(N)=O)cc1C(=C)Cl.CC. The molecule has 116 valence electrons. The van der Waals surface area contributed by atoms with Gasteiger partial charge in [-0.2, -0.15) is 0 Å². The van der Waals surface area contributed by atoms with Crippen LogP contribution in [0.1, 0.15) is 36.7 Å². The first-order valence-electron chi connectivity index (χ1n) is 6.47. The number of nitrogens with zero attached hydrogens (tertiary/aromatic N) is 1. The Morgan fingerprint density at radius 2 is 2.05 bits per heavy atom. The summed E-state index contributed by atoms with van der Waals surface area (Å²) in [4.78, 5) is 15.2. The maximum absolute atomic E-state index is 11.4. The van der Waals surface area contributed by atoms with Gasteiger partial charge in [0.25, 0.3) is 5.91 Å². The molecule has 21 heavy (non-hydrogen) atoms. The molecule has 0 bridgehead atoms. The average molecular weight is 313 g/mol. The zero-order valence-corrected chi connectivity index (χ0v) is 13.3. The lowest BCUT2D eigenvalue weighted by Crippen LogP contribution is -2.17. The van der Waals surface area contributed by atoms with E-state index < -0.39 is 12.0 Å². The summed E-state index contributed by atoms with van der Waals surface area (Å²) in [6.45, 7) is 12.6. The van der Waals surface area contributed by atoms with E-state index in [1.54, 1.807) is 6.92 Å². The van der Waals surface area contributed by atoms with Gasteiger partial charge in [0, 0.05) is 16.7 Å². The number of aliphatic imine (C=N–C) groups is 1. The summed E-state index contributed by atoms with van der Waals surface area (Å²) in [6, 6.07) is 2.93. The van der Waals surface area contributed by atoms with Gasteiger partial charge < -0.3 is 15.6 Å². The van der Waals surface area contributed by atoms with Gasteiger partial charge in [0.15, 0.2) is 0 Å². The van der Waals surface area contributed by atoms with Gasteiger partial charge >= 0.3 is 0 Å². The highest BCUT2D eigenvalue weighted by Crippen LogP contribution is 2.34. The summed E-state index contributed by atoms with van der Waals surface area (Å²) in [7, 11) is 0. The molecule has 0 saturated heterocycles. The Bertz CT molecular complexity index is 528. The van der Waals surface area contributed by atoms with Gasteiger partial charge in [0.1, 0.15) is 12.4 Å². The molecule has 1 rings (SSSR count). The molecular weight excluding hydrogens is 292 g/mol. The maximum Gasteiger partial charge on any atom is 0.252 e. The number of rotatable bonds is 6. The van der Waals surface area contributed by atoms with Crippen LogP contribution in [0, 0.1) is 0 Å². The van der Waals surface area contributed by atoms with Crippen molar-refractivity contribution < 1.29 is 14.6 Å². The van der Waals surface area contributed by atoms with Crippen molar-refractivity contribution in [3.8, 4) is 5.75 Å². The van der Waals surface area contributed by atoms with Crippen LogP contribution in [0.5, 0.6) is 5.75 Å². The lowest BCUT2D eigenvalue weighted by Gasteiger charge is -2.14. The molecule has 0 aromatic heterocycles. The predicted molar refractivity (Wildman–Crippen MR) is 87.6 cm³/mol. The molecule has 0 radical (unpaired) electrons. The van der Waals surface area contributed by atoms with E-state index in [0.717, 1.165) is 0 Å². The quantitative estimate of drug-likeness (QED) is 0.791. The Morgan fingerprint density at radius 1 is 1.48 bits per heavy atom. The number of halogens is 1. The third-order valence-corrected chi connectivity index (χ3v) is 2.51. The first-order valence-corrected chi connectivity index (χ1v) is 6.84. The highest BCUT2D eigenvalue weighted by molar-refractivity contribution is 6.48. The minimum absolute atomic E-state index is 0.0258. The van der Waals surface area contributed by atoms with E-state index in [1.165, 1.54) is 12.1 Å². The van der Waals surface area contributed by atoms with Crippen LogP contribution in [0.2, 0.25) is 0 Å². The smallest absolute Gasteiger partial charge is 0.252 e. The molecular formula is C15H21ClN2O3. The lowest BCUT2D eigenvalue weighted by molar-refractivity contribution is 0.0983. The van der Waals surface area contributed by atoms with E-state index in [-0.39, 0.29) is 23.0 Å². The number of primary amides is 1. The molecule has 3 N–H and O–H groups in total. The van der Waals surface area contributed by atoms with Crippen LogP contribution in [-0.2, 0) is 0 Å². The molecule has 5 nitrogen and oxygen atoms in total. The maximum atomic E-state index is 11.4. The molecule has 0 aliphatic heterocycles. The number of carbonyl (C=O) groups is 1. The van der Waals surface area contributed by atoms with E-state index in [2.05, 4.69) is 18.3 Å². The molecule has 0 heterocycles. The summed E-state index contributed by atoms with van der Waals surface area (Å²) in [6.07, 6.45) is -0.677. The lowest BCUT2D eigenvalue weighted by atomic mass is 10.1. The van der Waals surface area contributed by atoms with Crippen LogP contribution in [0.3, 0.4) is 0 Å². The van der Waals surface area contributed by atoms with Crippen LogP contribution in [0.4, 0.5) is 5.69 Å². The number of nitrogens with two attached hydrogens (primary N) is 1. The minimum Gasteiger partial charge on any atom is -0.490 e. The normalized spacial score (nSPS) is 10.9. The van der Waals surface area contributed by atoms with Gasteiger partial charge in [0.05, 0.1) is 17.4 Å². The van der Waals surface area contributed by atoms with Crippen molar-refractivity contribution in [1.82, 2.24) is 0 Å². The van der Waals surface area contributed by atoms with Crippen molar-refractivity contribution in [1.29, 1.82) is 0 Å². The standard InChI is InChI=1S/C13H15ClN2O3.C2H6/c1-7(17)6-19-12-5-11(16-3)9(8(2)14)4-10(12)13(15)18;1-2/h4-5,7,17H,2-3,6H2,1H3,(H2,15,18);1-2H3. The topological polar surface area (TPSA) is 84.9 Å². The second-order valence-electron chi connectivity index (χ2n) is 3.95. The monoisotopic (exact) mass is 312 g/mol. The average Bonchev–Trinajstić information content (AvgIpc) is 2.45. The Kier molecular flexibility index (Phi) is 8.35.